The standard InChI is InChI=1S/C15H26N4S/c1-4-6-13-17-14(16-7-5-2)10-15(18-13)19-8-9-20-12(3)11-19/h10,12H,4-9,11H2,1-3H3,(H,16,17,18). The number of anilines is 2. The molecule has 2 rings (SSSR count). The van der Waals surface area contributed by atoms with Gasteiger partial charge in [0, 0.05) is 43.1 Å². The Morgan fingerprint density at radius 2 is 2.20 bits per heavy atom. The maximum Gasteiger partial charge on any atom is 0.134 e. The highest BCUT2D eigenvalue weighted by atomic mass is 32.2. The van der Waals surface area contributed by atoms with Crippen LogP contribution in [0.5, 0.6) is 0 Å². The van der Waals surface area contributed by atoms with E-state index in [0.717, 1.165) is 56.4 Å². The summed E-state index contributed by atoms with van der Waals surface area (Å²) < 4.78 is 0. The van der Waals surface area contributed by atoms with Crippen molar-refractivity contribution >= 4 is 23.4 Å². The summed E-state index contributed by atoms with van der Waals surface area (Å²) in [6.07, 6.45) is 3.15. The Kier molecular flexibility index (Phi) is 5.95. The molecular weight excluding hydrogens is 268 g/mol. The number of aryl methyl sites for hydroxylation is 1. The number of nitrogens with one attached hydrogen (secondary N) is 1. The van der Waals surface area contributed by atoms with E-state index in [-0.39, 0.29) is 0 Å². The minimum Gasteiger partial charge on any atom is -0.370 e. The van der Waals surface area contributed by atoms with Gasteiger partial charge in [-0.15, -0.1) is 0 Å². The second-order valence-corrected chi connectivity index (χ2v) is 6.88. The molecule has 1 aromatic rings. The Labute approximate surface area is 126 Å². The molecule has 1 saturated heterocycles. The maximum absolute atomic E-state index is 4.75. The van der Waals surface area contributed by atoms with E-state index in [1.165, 1.54) is 5.75 Å². The normalized spacial score (nSPS) is 19.1. The minimum atomic E-state index is 0.681. The molecule has 1 N–H and O–H groups in total. The Hall–Kier alpha value is -0.970. The van der Waals surface area contributed by atoms with Crippen LogP contribution in [-0.2, 0) is 6.42 Å². The van der Waals surface area contributed by atoms with Gasteiger partial charge in [0.1, 0.15) is 17.5 Å². The third-order valence-corrected chi connectivity index (χ3v) is 4.49. The Morgan fingerprint density at radius 3 is 2.90 bits per heavy atom. The van der Waals surface area contributed by atoms with Crippen LogP contribution in [0.15, 0.2) is 6.07 Å². The number of thioether (sulfide) groups is 1. The number of nitrogens with zero attached hydrogens (tertiary/aromatic N) is 3. The van der Waals surface area contributed by atoms with E-state index in [0.29, 0.717) is 5.25 Å². The third-order valence-electron chi connectivity index (χ3n) is 3.35. The van der Waals surface area contributed by atoms with Gasteiger partial charge >= 0.3 is 0 Å². The van der Waals surface area contributed by atoms with Gasteiger partial charge in [0.15, 0.2) is 0 Å². The Morgan fingerprint density at radius 1 is 1.35 bits per heavy atom. The first-order chi connectivity index (χ1) is 9.72. The molecule has 1 unspecified atom stereocenters. The van der Waals surface area contributed by atoms with Gasteiger partial charge in [0.2, 0.25) is 0 Å². The fourth-order valence-corrected chi connectivity index (χ4v) is 3.36. The third kappa shape index (κ3) is 4.27. The Balaban J connectivity index is 2.18. The predicted octanol–water partition coefficient (Wildman–Crippen LogP) is 3.19. The lowest BCUT2D eigenvalue weighted by atomic mass is 10.3. The lowest BCUT2D eigenvalue weighted by Gasteiger charge is -2.31. The highest BCUT2D eigenvalue weighted by molar-refractivity contribution is 8.00. The summed E-state index contributed by atoms with van der Waals surface area (Å²) in [5, 5.41) is 4.08. The van der Waals surface area contributed by atoms with Crippen LogP contribution in [0.25, 0.3) is 0 Å². The smallest absolute Gasteiger partial charge is 0.134 e. The van der Waals surface area contributed by atoms with Crippen molar-refractivity contribution < 1.29 is 0 Å². The van der Waals surface area contributed by atoms with Crippen molar-refractivity contribution in [1.82, 2.24) is 9.97 Å². The highest BCUT2D eigenvalue weighted by Crippen LogP contribution is 2.24. The molecule has 0 saturated carbocycles. The highest BCUT2D eigenvalue weighted by Gasteiger charge is 2.19. The molecule has 1 atom stereocenters. The zero-order valence-electron chi connectivity index (χ0n) is 12.9. The van der Waals surface area contributed by atoms with E-state index in [1.54, 1.807) is 0 Å². The van der Waals surface area contributed by atoms with Crippen molar-refractivity contribution in [2.45, 2.75) is 45.3 Å². The van der Waals surface area contributed by atoms with Crippen LogP contribution < -0.4 is 10.2 Å². The Bertz CT molecular complexity index is 424. The van der Waals surface area contributed by atoms with E-state index >= 15 is 0 Å². The molecule has 4 nitrogen and oxygen atoms in total. The largest absolute Gasteiger partial charge is 0.370 e. The molecule has 2 heterocycles. The summed E-state index contributed by atoms with van der Waals surface area (Å²) in [5.41, 5.74) is 0. The first-order valence-electron chi connectivity index (χ1n) is 7.71. The van der Waals surface area contributed by atoms with Crippen LogP contribution in [0.1, 0.15) is 39.4 Å². The van der Waals surface area contributed by atoms with Crippen LogP contribution in [0.3, 0.4) is 0 Å². The quantitative estimate of drug-likeness (QED) is 0.872. The lowest BCUT2D eigenvalue weighted by molar-refractivity contribution is 0.753. The van der Waals surface area contributed by atoms with Crippen molar-refractivity contribution in [2.24, 2.45) is 0 Å². The average Bonchev–Trinajstić information content (AvgIpc) is 2.45. The number of rotatable bonds is 6. The van der Waals surface area contributed by atoms with Crippen molar-refractivity contribution in [3.63, 3.8) is 0 Å². The topological polar surface area (TPSA) is 41.0 Å². The fourth-order valence-electron chi connectivity index (χ4n) is 2.35. The molecule has 1 aliphatic rings. The van der Waals surface area contributed by atoms with Crippen LogP contribution >= 0.6 is 11.8 Å². The van der Waals surface area contributed by atoms with Gasteiger partial charge in [-0.1, -0.05) is 20.8 Å². The zero-order valence-corrected chi connectivity index (χ0v) is 13.7. The van der Waals surface area contributed by atoms with Crippen LogP contribution in [0.2, 0.25) is 0 Å². The minimum absolute atomic E-state index is 0.681. The molecule has 0 spiro atoms. The summed E-state index contributed by atoms with van der Waals surface area (Å²) in [4.78, 5) is 11.8. The maximum atomic E-state index is 4.75. The number of aromatic nitrogens is 2. The molecule has 0 radical (unpaired) electrons. The van der Waals surface area contributed by atoms with E-state index in [1.807, 2.05) is 11.8 Å². The van der Waals surface area contributed by atoms with E-state index in [4.69, 9.17) is 4.98 Å². The van der Waals surface area contributed by atoms with Crippen molar-refractivity contribution in [2.75, 3.05) is 35.6 Å². The van der Waals surface area contributed by atoms with E-state index < -0.39 is 0 Å². The van der Waals surface area contributed by atoms with E-state index in [9.17, 15) is 0 Å². The molecule has 1 aliphatic heterocycles. The first kappa shape index (κ1) is 15.4. The summed E-state index contributed by atoms with van der Waals surface area (Å²) >= 11 is 2.05. The fraction of sp³-hybridized carbons (Fsp3) is 0.733. The van der Waals surface area contributed by atoms with Crippen molar-refractivity contribution in [3.8, 4) is 0 Å². The van der Waals surface area contributed by atoms with Gasteiger partial charge < -0.3 is 10.2 Å². The van der Waals surface area contributed by atoms with Gasteiger partial charge in [0.05, 0.1) is 0 Å². The second-order valence-electron chi connectivity index (χ2n) is 5.33. The molecule has 5 heteroatoms. The lowest BCUT2D eigenvalue weighted by Crippen LogP contribution is -2.37. The monoisotopic (exact) mass is 294 g/mol. The second kappa shape index (κ2) is 7.72. The van der Waals surface area contributed by atoms with Crippen LogP contribution in [-0.4, -0.2) is 40.6 Å². The molecule has 0 aliphatic carbocycles. The van der Waals surface area contributed by atoms with Crippen LogP contribution in [0, 0.1) is 0 Å². The average molecular weight is 294 g/mol. The van der Waals surface area contributed by atoms with Crippen molar-refractivity contribution in [1.29, 1.82) is 0 Å². The molecular formula is C15H26N4S. The van der Waals surface area contributed by atoms with Gasteiger partial charge in [0.25, 0.3) is 0 Å². The van der Waals surface area contributed by atoms with E-state index in [2.05, 4.69) is 42.0 Å². The number of hydrogen-bond donors (Lipinski definition) is 1. The zero-order chi connectivity index (χ0) is 14.4. The molecule has 112 valence electrons. The summed E-state index contributed by atoms with van der Waals surface area (Å²) in [5.74, 6) is 4.22. The van der Waals surface area contributed by atoms with Crippen LogP contribution in [0.4, 0.5) is 11.6 Å². The molecule has 0 aromatic carbocycles. The molecule has 20 heavy (non-hydrogen) atoms. The molecule has 0 bridgehead atoms. The first-order valence-corrected chi connectivity index (χ1v) is 8.76. The molecule has 1 fully saturated rings. The summed E-state index contributed by atoms with van der Waals surface area (Å²) in [7, 11) is 0. The predicted molar refractivity (Wildman–Crippen MR) is 88.9 cm³/mol. The van der Waals surface area contributed by atoms with Gasteiger partial charge in [-0.25, -0.2) is 9.97 Å². The summed E-state index contributed by atoms with van der Waals surface area (Å²) in [6.45, 7) is 9.78. The molecule has 1 aromatic heterocycles. The van der Waals surface area contributed by atoms with Gasteiger partial charge in [-0.3, -0.25) is 0 Å². The summed E-state index contributed by atoms with van der Waals surface area (Å²) in [6, 6.07) is 2.11. The number of hydrogen-bond acceptors (Lipinski definition) is 5. The van der Waals surface area contributed by atoms with Gasteiger partial charge in [-0.2, -0.15) is 11.8 Å². The SMILES string of the molecule is CCCNc1cc(N2CCSC(C)C2)nc(CCC)n1. The van der Waals surface area contributed by atoms with Crippen molar-refractivity contribution in [3.05, 3.63) is 11.9 Å². The molecule has 0 amide bonds. The van der Waals surface area contributed by atoms with Gasteiger partial charge in [-0.05, 0) is 12.8 Å².